The summed E-state index contributed by atoms with van der Waals surface area (Å²) in [5, 5.41) is 0. The molecule has 71 valence electrons. The molecule has 0 rings (SSSR count). The van der Waals surface area contributed by atoms with Crippen molar-refractivity contribution in [2.24, 2.45) is 0 Å². The standard InChI is InChI=1S/C6H9FO4S.Na/c7-3-1-4-11-5-2-6-12(8,9)10;/h1-3,5H,4,6H2,(H,8,9,10);. The van der Waals surface area contributed by atoms with E-state index in [-0.39, 0.29) is 36.2 Å². The van der Waals surface area contributed by atoms with Crippen molar-refractivity contribution >= 4 is 39.7 Å². The van der Waals surface area contributed by atoms with Crippen LogP contribution in [-0.4, -0.2) is 54.9 Å². The first-order valence-electron chi connectivity index (χ1n) is 3.03. The van der Waals surface area contributed by atoms with Crippen molar-refractivity contribution in [2.75, 3.05) is 12.4 Å². The summed E-state index contributed by atoms with van der Waals surface area (Å²) in [6.07, 6.45) is 3.61. The second-order valence-corrected chi connectivity index (χ2v) is 3.31. The minimum Gasteiger partial charge on any atom is -0.497 e. The van der Waals surface area contributed by atoms with Crippen molar-refractivity contribution in [3.63, 3.8) is 0 Å². The van der Waals surface area contributed by atoms with E-state index in [0.29, 0.717) is 6.33 Å². The predicted octanol–water partition coefficient (Wildman–Crippen LogP) is 0.507. The molecule has 0 aliphatic heterocycles. The fourth-order valence-electron chi connectivity index (χ4n) is 0.376. The van der Waals surface area contributed by atoms with E-state index in [1.165, 1.54) is 0 Å². The molecule has 0 fully saturated rings. The number of rotatable bonds is 5. The third-order valence-electron chi connectivity index (χ3n) is 0.781. The fourth-order valence-corrected chi connectivity index (χ4v) is 0.698. The van der Waals surface area contributed by atoms with E-state index in [2.05, 4.69) is 4.74 Å². The maximum Gasteiger partial charge on any atom is 0.268 e. The Kier molecular flexibility index (Phi) is 10.4. The van der Waals surface area contributed by atoms with Crippen LogP contribution in [0.25, 0.3) is 0 Å². The first-order valence-corrected chi connectivity index (χ1v) is 4.64. The molecule has 0 aromatic carbocycles. The molecule has 0 saturated heterocycles. The molecule has 0 atom stereocenters. The molecule has 0 spiro atoms. The van der Waals surface area contributed by atoms with Gasteiger partial charge in [0, 0.05) is 29.6 Å². The predicted molar refractivity (Wildman–Crippen MR) is 47.5 cm³/mol. The molecule has 13 heavy (non-hydrogen) atoms. The Bertz CT molecular complexity index is 260. The van der Waals surface area contributed by atoms with Crippen molar-refractivity contribution < 1.29 is 22.1 Å². The Hall–Kier alpha value is 0.120. The summed E-state index contributed by atoms with van der Waals surface area (Å²) in [6, 6.07) is 0. The van der Waals surface area contributed by atoms with Crippen LogP contribution in [0.1, 0.15) is 0 Å². The van der Waals surface area contributed by atoms with Crippen LogP contribution < -0.4 is 0 Å². The van der Waals surface area contributed by atoms with Gasteiger partial charge in [0.05, 0.1) is 18.3 Å². The minimum atomic E-state index is -3.98. The van der Waals surface area contributed by atoms with Gasteiger partial charge in [-0.2, -0.15) is 8.42 Å². The largest absolute Gasteiger partial charge is 0.497 e. The Labute approximate surface area is 98.5 Å². The molecule has 7 heteroatoms. The molecule has 0 aromatic heterocycles. The van der Waals surface area contributed by atoms with Crippen molar-refractivity contribution in [1.82, 2.24) is 0 Å². The molecule has 0 amide bonds. The van der Waals surface area contributed by atoms with Crippen molar-refractivity contribution in [2.45, 2.75) is 0 Å². The first kappa shape index (κ1) is 15.6. The van der Waals surface area contributed by atoms with Gasteiger partial charge in [0.25, 0.3) is 10.1 Å². The summed E-state index contributed by atoms with van der Waals surface area (Å²) >= 11 is 0. The zero-order valence-corrected chi connectivity index (χ0v) is 10.00. The maximum atomic E-state index is 11.3. The Morgan fingerprint density at radius 2 is 2.00 bits per heavy atom. The SMILES string of the molecule is O=S(=O)(O)CC=COCC=CF.[Na]. The number of hydrogen-bond acceptors (Lipinski definition) is 3. The number of ether oxygens (including phenoxy) is 1. The van der Waals surface area contributed by atoms with Gasteiger partial charge in [0.2, 0.25) is 0 Å². The molecular weight excluding hydrogens is 210 g/mol. The molecule has 0 heterocycles. The van der Waals surface area contributed by atoms with Gasteiger partial charge < -0.3 is 4.74 Å². The minimum absolute atomic E-state index is 0. The second-order valence-electron chi connectivity index (χ2n) is 1.82. The van der Waals surface area contributed by atoms with E-state index in [9.17, 15) is 12.8 Å². The third kappa shape index (κ3) is 14.9. The normalized spacial score (nSPS) is 11.8. The molecule has 0 aliphatic carbocycles. The average molecular weight is 219 g/mol. The first-order chi connectivity index (χ1) is 5.56. The molecule has 0 unspecified atom stereocenters. The maximum absolute atomic E-state index is 11.3. The molecule has 1 N–H and O–H groups in total. The van der Waals surface area contributed by atoms with E-state index >= 15 is 0 Å². The van der Waals surface area contributed by atoms with E-state index in [1.54, 1.807) is 0 Å². The second kappa shape index (κ2) is 8.71. The van der Waals surface area contributed by atoms with Crippen LogP contribution in [-0.2, 0) is 14.9 Å². The molecule has 0 aliphatic rings. The number of halogens is 1. The quantitative estimate of drug-likeness (QED) is 0.316. The van der Waals surface area contributed by atoms with Crippen LogP contribution in [0.4, 0.5) is 4.39 Å². The van der Waals surface area contributed by atoms with Gasteiger partial charge in [-0.15, -0.1) is 0 Å². The van der Waals surface area contributed by atoms with Gasteiger partial charge in [-0.3, -0.25) is 4.55 Å². The summed E-state index contributed by atoms with van der Waals surface area (Å²) in [5.74, 6) is -0.508. The fraction of sp³-hybridized carbons (Fsp3) is 0.333. The van der Waals surface area contributed by atoms with Crippen LogP contribution in [0, 0.1) is 0 Å². The van der Waals surface area contributed by atoms with Crippen molar-refractivity contribution in [1.29, 1.82) is 0 Å². The molecule has 0 aromatic rings. The zero-order chi connectivity index (χ0) is 9.45. The zero-order valence-electron chi connectivity index (χ0n) is 7.18. The van der Waals surface area contributed by atoms with E-state index in [1.807, 2.05) is 0 Å². The van der Waals surface area contributed by atoms with Crippen LogP contribution in [0.3, 0.4) is 0 Å². The van der Waals surface area contributed by atoms with Gasteiger partial charge in [-0.25, -0.2) is 4.39 Å². The monoisotopic (exact) mass is 219 g/mol. The third-order valence-corrected chi connectivity index (χ3v) is 1.39. The van der Waals surface area contributed by atoms with Gasteiger partial charge in [0.1, 0.15) is 6.61 Å². The van der Waals surface area contributed by atoms with Gasteiger partial charge in [-0.1, -0.05) is 0 Å². The molecule has 4 nitrogen and oxygen atoms in total. The van der Waals surface area contributed by atoms with Crippen molar-refractivity contribution in [3.05, 3.63) is 24.7 Å². The molecule has 0 bridgehead atoms. The summed E-state index contributed by atoms with van der Waals surface area (Å²) in [5.41, 5.74) is 0. The topological polar surface area (TPSA) is 63.6 Å². The van der Waals surface area contributed by atoms with Gasteiger partial charge in [0.15, 0.2) is 0 Å². The van der Waals surface area contributed by atoms with Crippen LogP contribution in [0.2, 0.25) is 0 Å². The Morgan fingerprint density at radius 1 is 1.38 bits per heavy atom. The average Bonchev–Trinajstić information content (AvgIpc) is 1.94. The van der Waals surface area contributed by atoms with Crippen LogP contribution in [0.15, 0.2) is 24.7 Å². The summed E-state index contributed by atoms with van der Waals surface area (Å²) < 4.78 is 44.3. The summed E-state index contributed by atoms with van der Waals surface area (Å²) in [7, 11) is -3.98. The van der Waals surface area contributed by atoms with Gasteiger partial charge >= 0.3 is 0 Å². The smallest absolute Gasteiger partial charge is 0.268 e. The van der Waals surface area contributed by atoms with Crippen LogP contribution >= 0.6 is 0 Å². The molecular formula is C6H9FNaO4S. The molecule has 1 radical (unpaired) electrons. The van der Waals surface area contributed by atoms with E-state index < -0.39 is 15.9 Å². The Balaban J connectivity index is 0. The van der Waals surface area contributed by atoms with Gasteiger partial charge in [-0.05, 0) is 12.2 Å². The molecule has 0 saturated carbocycles. The Morgan fingerprint density at radius 3 is 2.46 bits per heavy atom. The van der Waals surface area contributed by atoms with E-state index in [0.717, 1.165) is 18.4 Å². The van der Waals surface area contributed by atoms with Crippen molar-refractivity contribution in [3.8, 4) is 0 Å². The number of hydrogen-bond donors (Lipinski definition) is 1. The summed E-state index contributed by atoms with van der Waals surface area (Å²) in [6.45, 7) is 0.0263. The summed E-state index contributed by atoms with van der Waals surface area (Å²) in [4.78, 5) is 0. The van der Waals surface area contributed by atoms with E-state index in [4.69, 9.17) is 4.55 Å². The van der Waals surface area contributed by atoms with Crippen LogP contribution in [0.5, 0.6) is 0 Å².